The second kappa shape index (κ2) is 7.79. The van der Waals surface area contributed by atoms with Gasteiger partial charge in [-0.15, -0.1) is 0 Å². The van der Waals surface area contributed by atoms with Crippen LogP contribution in [0.1, 0.15) is 28.8 Å². The molecule has 0 unspecified atom stereocenters. The van der Waals surface area contributed by atoms with E-state index in [4.69, 9.17) is 5.11 Å². The molecule has 1 aliphatic rings. The van der Waals surface area contributed by atoms with Crippen LogP contribution in [0.4, 0.5) is 13.2 Å². The lowest BCUT2D eigenvalue weighted by Crippen LogP contribution is -2.48. The highest BCUT2D eigenvalue weighted by Crippen LogP contribution is 2.29. The van der Waals surface area contributed by atoms with Crippen molar-refractivity contribution >= 4 is 5.91 Å². The Morgan fingerprint density at radius 1 is 1.13 bits per heavy atom. The molecule has 4 nitrogen and oxygen atoms in total. The Kier molecular flexibility index (Phi) is 6.01. The third kappa shape index (κ3) is 4.94. The summed E-state index contributed by atoms with van der Waals surface area (Å²) in [5.41, 5.74) is -0.723. The number of hydrogen-bond acceptors (Lipinski definition) is 3. The molecule has 0 atom stereocenters. The number of amides is 1. The van der Waals surface area contributed by atoms with Crippen molar-refractivity contribution in [2.75, 3.05) is 39.3 Å². The summed E-state index contributed by atoms with van der Waals surface area (Å²) in [5.74, 6) is -0.355. The SMILES string of the molecule is O=C(c1cccc(C(F)(F)F)c1)N1CCN(CCCCO)CC1. The zero-order valence-electron chi connectivity index (χ0n) is 12.9. The number of aliphatic hydroxyl groups excluding tert-OH is 1. The maximum atomic E-state index is 12.7. The van der Waals surface area contributed by atoms with Crippen molar-refractivity contribution in [3.63, 3.8) is 0 Å². The van der Waals surface area contributed by atoms with E-state index in [9.17, 15) is 18.0 Å². The smallest absolute Gasteiger partial charge is 0.396 e. The van der Waals surface area contributed by atoms with Crippen LogP contribution in [0.3, 0.4) is 0 Å². The summed E-state index contributed by atoms with van der Waals surface area (Å²) in [5, 5.41) is 8.76. The maximum absolute atomic E-state index is 12.7. The molecule has 0 aliphatic carbocycles. The number of unbranched alkanes of at least 4 members (excludes halogenated alkanes) is 1. The van der Waals surface area contributed by atoms with Gasteiger partial charge in [-0.1, -0.05) is 6.07 Å². The highest BCUT2D eigenvalue weighted by molar-refractivity contribution is 5.94. The molecular formula is C16H21F3N2O2. The predicted octanol–water partition coefficient (Wildman–Crippen LogP) is 2.24. The van der Waals surface area contributed by atoms with Crippen molar-refractivity contribution in [3.05, 3.63) is 35.4 Å². The molecule has 0 radical (unpaired) electrons. The predicted molar refractivity (Wildman–Crippen MR) is 80.1 cm³/mol. The number of aliphatic hydroxyl groups is 1. The van der Waals surface area contributed by atoms with E-state index in [2.05, 4.69) is 4.90 Å². The standard InChI is InChI=1S/C16H21F3N2O2/c17-16(18,19)14-5-3-4-13(12-14)15(23)21-9-7-20(8-10-21)6-1-2-11-22/h3-5,12,22H,1-2,6-11H2. The van der Waals surface area contributed by atoms with E-state index < -0.39 is 11.7 Å². The topological polar surface area (TPSA) is 43.8 Å². The van der Waals surface area contributed by atoms with Crippen LogP contribution in [0, 0.1) is 0 Å². The summed E-state index contributed by atoms with van der Waals surface area (Å²) in [4.78, 5) is 16.1. The molecule has 1 aliphatic heterocycles. The molecule has 23 heavy (non-hydrogen) atoms. The van der Waals surface area contributed by atoms with E-state index in [1.54, 1.807) is 4.90 Å². The zero-order valence-corrected chi connectivity index (χ0v) is 12.9. The lowest BCUT2D eigenvalue weighted by Gasteiger charge is -2.34. The van der Waals surface area contributed by atoms with Gasteiger partial charge in [0.15, 0.2) is 0 Å². The van der Waals surface area contributed by atoms with E-state index in [1.807, 2.05) is 0 Å². The van der Waals surface area contributed by atoms with Crippen molar-refractivity contribution in [1.82, 2.24) is 9.80 Å². The number of carbonyl (C=O) groups is 1. The molecule has 1 N–H and O–H groups in total. The minimum atomic E-state index is -4.44. The lowest BCUT2D eigenvalue weighted by molar-refractivity contribution is -0.137. The summed E-state index contributed by atoms with van der Waals surface area (Å²) < 4.78 is 38.2. The first-order chi connectivity index (χ1) is 10.9. The molecule has 0 spiro atoms. The Hall–Kier alpha value is -1.60. The molecule has 0 bridgehead atoms. The van der Waals surface area contributed by atoms with Crippen LogP contribution >= 0.6 is 0 Å². The average molecular weight is 330 g/mol. The van der Waals surface area contributed by atoms with E-state index in [-0.39, 0.29) is 18.1 Å². The van der Waals surface area contributed by atoms with Crippen LogP contribution in [0.5, 0.6) is 0 Å². The number of halogens is 3. The van der Waals surface area contributed by atoms with Gasteiger partial charge in [0.25, 0.3) is 5.91 Å². The van der Waals surface area contributed by atoms with E-state index >= 15 is 0 Å². The van der Waals surface area contributed by atoms with Crippen LogP contribution in [0.15, 0.2) is 24.3 Å². The Morgan fingerprint density at radius 3 is 2.43 bits per heavy atom. The monoisotopic (exact) mass is 330 g/mol. The molecule has 1 aromatic carbocycles. The van der Waals surface area contributed by atoms with Crippen molar-refractivity contribution in [2.45, 2.75) is 19.0 Å². The molecule has 1 aromatic rings. The van der Waals surface area contributed by atoms with Gasteiger partial charge >= 0.3 is 6.18 Å². The number of piperazine rings is 1. The van der Waals surface area contributed by atoms with Gasteiger partial charge in [0.2, 0.25) is 0 Å². The summed E-state index contributed by atoms with van der Waals surface area (Å²) in [6.45, 7) is 3.47. The molecule has 0 aromatic heterocycles. The molecule has 1 saturated heterocycles. The van der Waals surface area contributed by atoms with E-state index in [1.165, 1.54) is 12.1 Å². The molecular weight excluding hydrogens is 309 g/mol. The first-order valence-electron chi connectivity index (χ1n) is 7.71. The molecule has 7 heteroatoms. The Morgan fingerprint density at radius 2 is 1.83 bits per heavy atom. The van der Waals surface area contributed by atoms with Gasteiger partial charge < -0.3 is 10.0 Å². The molecule has 1 amide bonds. The number of carbonyl (C=O) groups excluding carboxylic acids is 1. The largest absolute Gasteiger partial charge is 0.416 e. The molecule has 1 fully saturated rings. The van der Waals surface area contributed by atoms with Gasteiger partial charge in [-0.25, -0.2) is 0 Å². The van der Waals surface area contributed by atoms with Crippen molar-refractivity contribution in [3.8, 4) is 0 Å². The molecule has 1 heterocycles. The van der Waals surface area contributed by atoms with Gasteiger partial charge in [-0.05, 0) is 37.6 Å². The van der Waals surface area contributed by atoms with Crippen LogP contribution < -0.4 is 0 Å². The normalized spacial score (nSPS) is 16.6. The number of nitrogens with zero attached hydrogens (tertiary/aromatic N) is 2. The van der Waals surface area contributed by atoms with Gasteiger partial charge in [-0.2, -0.15) is 13.2 Å². The Balaban J connectivity index is 1.92. The van der Waals surface area contributed by atoms with Crippen LogP contribution in [0.2, 0.25) is 0 Å². The maximum Gasteiger partial charge on any atom is 0.416 e. The number of benzene rings is 1. The van der Waals surface area contributed by atoms with Crippen LogP contribution in [0.25, 0.3) is 0 Å². The summed E-state index contributed by atoms with van der Waals surface area (Å²) in [6.07, 6.45) is -2.79. The lowest BCUT2D eigenvalue weighted by atomic mass is 10.1. The Labute approximate surface area is 133 Å². The number of alkyl halides is 3. The molecule has 128 valence electrons. The fourth-order valence-electron chi connectivity index (χ4n) is 2.63. The minimum absolute atomic E-state index is 0.0774. The fourth-order valence-corrected chi connectivity index (χ4v) is 2.63. The second-order valence-corrected chi connectivity index (χ2v) is 5.64. The average Bonchev–Trinajstić information content (AvgIpc) is 2.54. The van der Waals surface area contributed by atoms with Crippen LogP contribution in [-0.4, -0.2) is 60.1 Å². The van der Waals surface area contributed by atoms with Gasteiger partial charge in [-0.3, -0.25) is 9.69 Å². The van der Waals surface area contributed by atoms with Crippen molar-refractivity contribution in [1.29, 1.82) is 0 Å². The molecule has 0 saturated carbocycles. The summed E-state index contributed by atoms with van der Waals surface area (Å²) in [7, 11) is 0. The first kappa shape index (κ1) is 17.7. The minimum Gasteiger partial charge on any atom is -0.396 e. The molecule has 2 rings (SSSR count). The van der Waals surface area contributed by atoms with Crippen LogP contribution in [-0.2, 0) is 6.18 Å². The summed E-state index contributed by atoms with van der Waals surface area (Å²) >= 11 is 0. The number of hydrogen-bond donors (Lipinski definition) is 1. The van der Waals surface area contributed by atoms with Gasteiger partial charge in [0.1, 0.15) is 0 Å². The quantitative estimate of drug-likeness (QED) is 0.842. The van der Waals surface area contributed by atoms with E-state index in [0.717, 1.165) is 31.5 Å². The second-order valence-electron chi connectivity index (χ2n) is 5.64. The van der Waals surface area contributed by atoms with Gasteiger partial charge in [0, 0.05) is 38.3 Å². The van der Waals surface area contributed by atoms with Crippen molar-refractivity contribution < 1.29 is 23.1 Å². The Bertz CT molecular complexity index is 526. The van der Waals surface area contributed by atoms with E-state index in [0.29, 0.717) is 26.2 Å². The zero-order chi connectivity index (χ0) is 16.9. The number of rotatable bonds is 5. The van der Waals surface area contributed by atoms with Crippen molar-refractivity contribution in [2.24, 2.45) is 0 Å². The highest BCUT2D eigenvalue weighted by atomic mass is 19.4. The third-order valence-corrected chi connectivity index (χ3v) is 3.98. The first-order valence-corrected chi connectivity index (χ1v) is 7.71. The summed E-state index contributed by atoms with van der Waals surface area (Å²) in [6, 6.07) is 4.57. The highest BCUT2D eigenvalue weighted by Gasteiger charge is 2.31. The van der Waals surface area contributed by atoms with Gasteiger partial charge in [0.05, 0.1) is 5.56 Å². The fraction of sp³-hybridized carbons (Fsp3) is 0.562. The third-order valence-electron chi connectivity index (χ3n) is 3.98.